The van der Waals surface area contributed by atoms with E-state index in [0.717, 1.165) is 5.33 Å². The van der Waals surface area contributed by atoms with Crippen molar-refractivity contribution < 1.29 is 0 Å². The third-order valence-corrected chi connectivity index (χ3v) is 2.64. The van der Waals surface area contributed by atoms with Gasteiger partial charge in [0, 0.05) is 5.33 Å². The van der Waals surface area contributed by atoms with E-state index >= 15 is 0 Å². The molecule has 0 N–H and O–H groups in total. The largest absolute Gasteiger partial charge is 0.0876 e. The van der Waals surface area contributed by atoms with Crippen LogP contribution in [0.2, 0.25) is 0 Å². The summed E-state index contributed by atoms with van der Waals surface area (Å²) in [5.74, 6) is 0. The SMILES string of the molecule is CCCCc1ccc(CBr)cc1. The molecule has 0 atom stereocenters. The molecular weight excluding hydrogens is 212 g/mol. The summed E-state index contributed by atoms with van der Waals surface area (Å²) in [5.41, 5.74) is 2.82. The van der Waals surface area contributed by atoms with E-state index in [-0.39, 0.29) is 0 Å². The minimum Gasteiger partial charge on any atom is -0.0876 e. The Labute approximate surface area is 83.1 Å². The van der Waals surface area contributed by atoms with Gasteiger partial charge in [0.15, 0.2) is 0 Å². The smallest absolute Gasteiger partial charge is 0.0283 e. The van der Waals surface area contributed by atoms with Crippen LogP contribution in [0.4, 0.5) is 0 Å². The molecule has 0 aliphatic heterocycles. The molecule has 0 heterocycles. The molecule has 1 rings (SSSR count). The first-order chi connectivity index (χ1) is 5.86. The van der Waals surface area contributed by atoms with Crippen LogP contribution in [0.3, 0.4) is 0 Å². The molecule has 1 aromatic rings. The van der Waals surface area contributed by atoms with E-state index in [1.54, 1.807) is 0 Å². The Balaban J connectivity index is 2.53. The van der Waals surface area contributed by atoms with Gasteiger partial charge in [0.1, 0.15) is 0 Å². The van der Waals surface area contributed by atoms with E-state index in [4.69, 9.17) is 0 Å². The second kappa shape index (κ2) is 5.36. The zero-order chi connectivity index (χ0) is 8.81. The van der Waals surface area contributed by atoms with Gasteiger partial charge in [-0.1, -0.05) is 53.5 Å². The zero-order valence-electron chi connectivity index (χ0n) is 7.52. The van der Waals surface area contributed by atoms with Crippen molar-refractivity contribution in [2.45, 2.75) is 31.5 Å². The lowest BCUT2D eigenvalue weighted by Crippen LogP contribution is -1.84. The van der Waals surface area contributed by atoms with Crippen LogP contribution >= 0.6 is 15.9 Å². The topological polar surface area (TPSA) is 0 Å². The van der Waals surface area contributed by atoms with Gasteiger partial charge in [-0.15, -0.1) is 0 Å². The molecule has 0 saturated heterocycles. The molecule has 0 spiro atoms. The van der Waals surface area contributed by atoms with Gasteiger partial charge in [-0.2, -0.15) is 0 Å². The van der Waals surface area contributed by atoms with Crippen LogP contribution in [0, 0.1) is 0 Å². The molecule has 1 heteroatoms. The number of aryl methyl sites for hydroxylation is 1. The highest BCUT2D eigenvalue weighted by Gasteiger charge is 1.92. The summed E-state index contributed by atoms with van der Waals surface area (Å²) in [4.78, 5) is 0. The van der Waals surface area contributed by atoms with Gasteiger partial charge < -0.3 is 0 Å². The lowest BCUT2D eigenvalue weighted by atomic mass is 10.1. The number of alkyl halides is 1. The predicted octanol–water partition coefficient (Wildman–Crippen LogP) is 3.92. The Hall–Kier alpha value is -0.300. The molecule has 1 aromatic carbocycles. The lowest BCUT2D eigenvalue weighted by molar-refractivity contribution is 0.795. The van der Waals surface area contributed by atoms with E-state index in [1.165, 1.54) is 30.4 Å². The molecule has 0 saturated carbocycles. The first-order valence-corrected chi connectivity index (χ1v) is 5.62. The molecule has 0 radical (unpaired) electrons. The van der Waals surface area contributed by atoms with Crippen molar-refractivity contribution in [1.29, 1.82) is 0 Å². The molecule has 12 heavy (non-hydrogen) atoms. The lowest BCUT2D eigenvalue weighted by Gasteiger charge is -2.00. The first-order valence-electron chi connectivity index (χ1n) is 4.50. The van der Waals surface area contributed by atoms with Gasteiger partial charge in [0.25, 0.3) is 0 Å². The minimum atomic E-state index is 0.959. The van der Waals surface area contributed by atoms with E-state index in [0.29, 0.717) is 0 Å². The van der Waals surface area contributed by atoms with Crippen LogP contribution in [0.25, 0.3) is 0 Å². The number of benzene rings is 1. The number of unbranched alkanes of at least 4 members (excludes halogenated alkanes) is 1. The third-order valence-electron chi connectivity index (χ3n) is 2.00. The second-order valence-electron chi connectivity index (χ2n) is 3.05. The summed E-state index contributed by atoms with van der Waals surface area (Å²) < 4.78 is 0. The Morgan fingerprint density at radius 3 is 2.17 bits per heavy atom. The average molecular weight is 227 g/mol. The summed E-state index contributed by atoms with van der Waals surface area (Å²) in [6.45, 7) is 2.23. The van der Waals surface area contributed by atoms with Gasteiger partial charge >= 0.3 is 0 Å². The molecule has 0 aliphatic carbocycles. The van der Waals surface area contributed by atoms with Crippen molar-refractivity contribution in [1.82, 2.24) is 0 Å². The number of rotatable bonds is 4. The third kappa shape index (κ3) is 2.98. The maximum atomic E-state index is 3.43. The highest BCUT2D eigenvalue weighted by Crippen LogP contribution is 2.09. The fourth-order valence-electron chi connectivity index (χ4n) is 1.18. The Morgan fingerprint density at radius 1 is 1.08 bits per heavy atom. The highest BCUT2D eigenvalue weighted by atomic mass is 79.9. The fraction of sp³-hybridized carbons (Fsp3) is 0.455. The standard InChI is InChI=1S/C11H15Br/c1-2-3-4-10-5-7-11(9-12)8-6-10/h5-8H,2-4,9H2,1H3. The fourth-order valence-corrected chi connectivity index (χ4v) is 1.55. The van der Waals surface area contributed by atoms with Crippen molar-refractivity contribution in [2.75, 3.05) is 0 Å². The van der Waals surface area contributed by atoms with E-state index < -0.39 is 0 Å². The summed E-state index contributed by atoms with van der Waals surface area (Å²) in [6.07, 6.45) is 3.80. The van der Waals surface area contributed by atoms with Gasteiger partial charge in [0.05, 0.1) is 0 Å². The highest BCUT2D eigenvalue weighted by molar-refractivity contribution is 9.08. The normalized spacial score (nSPS) is 10.2. The van der Waals surface area contributed by atoms with Crippen LogP contribution in [0.15, 0.2) is 24.3 Å². The number of hydrogen-bond acceptors (Lipinski definition) is 0. The Morgan fingerprint density at radius 2 is 1.67 bits per heavy atom. The summed E-state index contributed by atoms with van der Waals surface area (Å²) in [6, 6.07) is 8.85. The van der Waals surface area contributed by atoms with Gasteiger partial charge in [0.2, 0.25) is 0 Å². The molecule has 0 bridgehead atoms. The molecule has 0 aliphatic rings. The van der Waals surface area contributed by atoms with Crippen LogP contribution in [-0.4, -0.2) is 0 Å². The van der Waals surface area contributed by atoms with E-state index in [2.05, 4.69) is 47.1 Å². The van der Waals surface area contributed by atoms with Crippen molar-refractivity contribution in [3.8, 4) is 0 Å². The van der Waals surface area contributed by atoms with Crippen LogP contribution in [0.5, 0.6) is 0 Å². The first kappa shape index (κ1) is 9.79. The predicted molar refractivity (Wildman–Crippen MR) is 57.7 cm³/mol. The van der Waals surface area contributed by atoms with Gasteiger partial charge in [-0.25, -0.2) is 0 Å². The molecule has 0 unspecified atom stereocenters. The van der Waals surface area contributed by atoms with E-state index in [9.17, 15) is 0 Å². The van der Waals surface area contributed by atoms with Crippen molar-refractivity contribution in [2.24, 2.45) is 0 Å². The van der Waals surface area contributed by atoms with Gasteiger partial charge in [-0.05, 0) is 24.0 Å². The molecule has 66 valence electrons. The zero-order valence-corrected chi connectivity index (χ0v) is 9.10. The Kier molecular flexibility index (Phi) is 4.37. The average Bonchev–Trinajstić information content (AvgIpc) is 2.15. The molecule has 0 amide bonds. The van der Waals surface area contributed by atoms with Crippen LogP contribution in [0.1, 0.15) is 30.9 Å². The van der Waals surface area contributed by atoms with E-state index in [1.807, 2.05) is 0 Å². The summed E-state index contributed by atoms with van der Waals surface area (Å²) in [7, 11) is 0. The van der Waals surface area contributed by atoms with Gasteiger partial charge in [-0.3, -0.25) is 0 Å². The number of hydrogen-bond donors (Lipinski definition) is 0. The summed E-state index contributed by atoms with van der Waals surface area (Å²) in [5, 5.41) is 0.959. The monoisotopic (exact) mass is 226 g/mol. The molecule has 0 aromatic heterocycles. The Bertz CT molecular complexity index is 213. The maximum absolute atomic E-state index is 3.43. The van der Waals surface area contributed by atoms with Crippen molar-refractivity contribution >= 4 is 15.9 Å². The summed E-state index contributed by atoms with van der Waals surface area (Å²) >= 11 is 3.43. The molecule has 0 nitrogen and oxygen atoms in total. The quantitative estimate of drug-likeness (QED) is 0.684. The van der Waals surface area contributed by atoms with Crippen LogP contribution in [-0.2, 0) is 11.8 Å². The van der Waals surface area contributed by atoms with Crippen molar-refractivity contribution in [3.05, 3.63) is 35.4 Å². The number of halogens is 1. The molecule has 0 fully saturated rings. The molecular formula is C11H15Br. The second-order valence-corrected chi connectivity index (χ2v) is 3.61. The maximum Gasteiger partial charge on any atom is 0.0283 e. The van der Waals surface area contributed by atoms with Crippen LogP contribution < -0.4 is 0 Å². The minimum absolute atomic E-state index is 0.959. The van der Waals surface area contributed by atoms with Crippen molar-refractivity contribution in [3.63, 3.8) is 0 Å².